The highest BCUT2D eigenvalue weighted by molar-refractivity contribution is 7.18. The topological polar surface area (TPSA) is 74.6 Å². The fraction of sp³-hybridized carbons (Fsp3) is 0.412. The number of furan rings is 1. The number of nitrogens with one attached hydrogen (secondary N) is 2. The molecule has 8 heteroatoms. The summed E-state index contributed by atoms with van der Waals surface area (Å²) < 4.78 is 5.08. The van der Waals surface area contributed by atoms with Crippen molar-refractivity contribution in [2.45, 2.75) is 25.8 Å². The molecule has 0 spiro atoms. The van der Waals surface area contributed by atoms with Crippen LogP contribution in [0.15, 0.2) is 28.9 Å². The highest BCUT2D eigenvalue weighted by Gasteiger charge is 2.26. The van der Waals surface area contributed by atoms with Crippen LogP contribution in [0.5, 0.6) is 0 Å². The van der Waals surface area contributed by atoms with Crippen LogP contribution in [0.1, 0.15) is 38.6 Å². The molecule has 0 radical (unpaired) electrons. The van der Waals surface area contributed by atoms with Gasteiger partial charge in [-0.05, 0) is 50.6 Å². The third kappa shape index (κ3) is 4.42. The van der Waals surface area contributed by atoms with E-state index in [1.54, 1.807) is 12.1 Å². The maximum atomic E-state index is 12.8. The van der Waals surface area contributed by atoms with Crippen molar-refractivity contribution >= 4 is 40.6 Å². The number of anilines is 1. The highest BCUT2D eigenvalue weighted by atomic mass is 35.5. The number of aryl methyl sites for hydroxylation is 1. The van der Waals surface area contributed by atoms with E-state index in [4.69, 9.17) is 4.42 Å². The number of likely N-dealkylation sites (N-methyl/N-ethyl adjacent to an activating group) is 1. The number of hydrogen-bond donors (Lipinski definition) is 2. The fourth-order valence-electron chi connectivity index (χ4n) is 2.88. The zero-order valence-electron chi connectivity index (χ0n) is 14.2. The van der Waals surface area contributed by atoms with Gasteiger partial charge < -0.3 is 20.0 Å². The quantitative estimate of drug-likeness (QED) is 0.850. The van der Waals surface area contributed by atoms with Gasteiger partial charge in [-0.3, -0.25) is 9.59 Å². The minimum absolute atomic E-state index is 0. The van der Waals surface area contributed by atoms with Crippen molar-refractivity contribution in [2.75, 3.05) is 25.5 Å². The summed E-state index contributed by atoms with van der Waals surface area (Å²) in [5.41, 5.74) is 0.881. The summed E-state index contributed by atoms with van der Waals surface area (Å²) in [7, 11) is 1.93. The van der Waals surface area contributed by atoms with Gasteiger partial charge in [-0.2, -0.15) is 0 Å². The molecule has 2 N–H and O–H groups in total. The van der Waals surface area contributed by atoms with Crippen LogP contribution in [0.25, 0.3) is 0 Å². The van der Waals surface area contributed by atoms with Crippen LogP contribution in [0.2, 0.25) is 0 Å². The van der Waals surface area contributed by atoms with Gasteiger partial charge in [0, 0.05) is 19.1 Å². The molecule has 1 aliphatic heterocycles. The summed E-state index contributed by atoms with van der Waals surface area (Å²) in [6.45, 7) is 3.40. The first-order valence-electron chi connectivity index (χ1n) is 8.00. The number of carbonyl (C=O) groups is 2. The standard InChI is InChI=1S/C17H21N3O3S.ClH/c1-11-9-14(19-16(21)13-6-4-8-23-13)24-15(11)17(22)20-7-3-5-12(10-20)18-2;/h4,6,8-9,12,18H,3,5,7,10H2,1-2H3,(H,19,21);1H. The lowest BCUT2D eigenvalue weighted by Crippen LogP contribution is -2.46. The molecule has 1 unspecified atom stereocenters. The molecule has 1 saturated heterocycles. The molecule has 0 bridgehead atoms. The Kier molecular flexibility index (Phi) is 6.64. The number of likely N-dealkylation sites (tertiary alicyclic amines) is 1. The van der Waals surface area contributed by atoms with Gasteiger partial charge in [-0.25, -0.2) is 0 Å². The monoisotopic (exact) mass is 383 g/mol. The van der Waals surface area contributed by atoms with Gasteiger partial charge in [0.15, 0.2) is 5.76 Å². The van der Waals surface area contributed by atoms with Gasteiger partial charge in [0.05, 0.1) is 16.1 Å². The third-order valence-electron chi connectivity index (χ3n) is 4.21. The van der Waals surface area contributed by atoms with Crippen molar-refractivity contribution in [3.8, 4) is 0 Å². The van der Waals surface area contributed by atoms with Crippen molar-refractivity contribution in [1.29, 1.82) is 0 Å². The number of carbonyl (C=O) groups excluding carboxylic acids is 2. The molecule has 0 aromatic carbocycles. The molecular formula is C17H22ClN3O3S. The van der Waals surface area contributed by atoms with Crippen molar-refractivity contribution in [1.82, 2.24) is 10.2 Å². The lowest BCUT2D eigenvalue weighted by molar-refractivity contribution is 0.0702. The average molecular weight is 384 g/mol. The Bertz CT molecular complexity index is 730. The predicted molar refractivity (Wildman–Crippen MR) is 101 cm³/mol. The normalized spacial score (nSPS) is 17.0. The van der Waals surface area contributed by atoms with Crippen LogP contribution in [0.3, 0.4) is 0 Å². The summed E-state index contributed by atoms with van der Waals surface area (Å²) in [5, 5.41) is 6.68. The molecule has 6 nitrogen and oxygen atoms in total. The number of nitrogens with zero attached hydrogens (tertiary/aromatic N) is 1. The Morgan fingerprint density at radius 2 is 2.20 bits per heavy atom. The number of amides is 2. The number of thiophene rings is 1. The molecule has 2 aromatic rings. The maximum Gasteiger partial charge on any atom is 0.291 e. The highest BCUT2D eigenvalue weighted by Crippen LogP contribution is 2.29. The largest absolute Gasteiger partial charge is 0.459 e. The summed E-state index contributed by atoms with van der Waals surface area (Å²) in [6.07, 6.45) is 3.55. The first-order valence-corrected chi connectivity index (χ1v) is 8.82. The van der Waals surface area contributed by atoms with Crippen LogP contribution in [0, 0.1) is 6.92 Å². The van der Waals surface area contributed by atoms with E-state index in [-0.39, 0.29) is 30.0 Å². The maximum absolute atomic E-state index is 12.8. The molecule has 3 rings (SSSR count). The molecule has 2 amide bonds. The van der Waals surface area contributed by atoms with Crippen molar-refractivity contribution in [2.24, 2.45) is 0 Å². The van der Waals surface area contributed by atoms with Crippen LogP contribution >= 0.6 is 23.7 Å². The smallest absolute Gasteiger partial charge is 0.291 e. The molecule has 0 saturated carbocycles. The Morgan fingerprint density at radius 3 is 2.88 bits per heavy atom. The minimum atomic E-state index is -0.312. The summed E-state index contributed by atoms with van der Waals surface area (Å²) in [6, 6.07) is 5.45. The van der Waals surface area contributed by atoms with Crippen LogP contribution in [-0.2, 0) is 0 Å². The Hall–Kier alpha value is -1.83. The van der Waals surface area contributed by atoms with Gasteiger partial charge in [0.2, 0.25) is 0 Å². The first-order chi connectivity index (χ1) is 11.6. The summed E-state index contributed by atoms with van der Waals surface area (Å²) in [4.78, 5) is 27.4. The van der Waals surface area contributed by atoms with E-state index in [0.29, 0.717) is 15.9 Å². The van der Waals surface area contributed by atoms with Gasteiger partial charge in [0.25, 0.3) is 11.8 Å². The fourth-order valence-corrected chi connectivity index (χ4v) is 3.91. The molecule has 2 aromatic heterocycles. The molecule has 3 heterocycles. The van der Waals surface area contributed by atoms with Gasteiger partial charge in [0.1, 0.15) is 0 Å². The second kappa shape index (κ2) is 8.51. The van der Waals surface area contributed by atoms with E-state index in [0.717, 1.165) is 31.5 Å². The Balaban J connectivity index is 0.00000225. The van der Waals surface area contributed by atoms with E-state index in [9.17, 15) is 9.59 Å². The van der Waals surface area contributed by atoms with Crippen LogP contribution in [0.4, 0.5) is 5.00 Å². The number of hydrogen-bond acceptors (Lipinski definition) is 5. The van der Waals surface area contributed by atoms with E-state index < -0.39 is 0 Å². The summed E-state index contributed by atoms with van der Waals surface area (Å²) >= 11 is 1.31. The average Bonchev–Trinajstić information content (AvgIpc) is 3.24. The van der Waals surface area contributed by atoms with Gasteiger partial charge >= 0.3 is 0 Å². The van der Waals surface area contributed by atoms with Crippen LogP contribution in [-0.4, -0.2) is 42.9 Å². The number of piperidine rings is 1. The Morgan fingerprint density at radius 1 is 1.40 bits per heavy atom. The lowest BCUT2D eigenvalue weighted by Gasteiger charge is -2.32. The van der Waals surface area contributed by atoms with E-state index in [2.05, 4.69) is 10.6 Å². The minimum Gasteiger partial charge on any atom is -0.459 e. The molecular weight excluding hydrogens is 362 g/mol. The van der Waals surface area contributed by atoms with E-state index >= 15 is 0 Å². The Labute approximate surface area is 157 Å². The predicted octanol–water partition coefficient (Wildman–Crippen LogP) is 3.15. The SMILES string of the molecule is CNC1CCCN(C(=O)c2sc(NC(=O)c3ccco3)cc2C)C1.Cl. The first kappa shape index (κ1) is 19.5. The molecule has 136 valence electrons. The molecule has 1 aliphatic rings. The van der Waals surface area contributed by atoms with E-state index in [1.165, 1.54) is 17.6 Å². The van der Waals surface area contributed by atoms with Gasteiger partial charge in [-0.15, -0.1) is 23.7 Å². The van der Waals surface area contributed by atoms with Gasteiger partial charge in [-0.1, -0.05) is 0 Å². The lowest BCUT2D eigenvalue weighted by atomic mass is 10.1. The second-order valence-electron chi connectivity index (χ2n) is 5.93. The molecule has 25 heavy (non-hydrogen) atoms. The number of rotatable bonds is 4. The summed E-state index contributed by atoms with van der Waals surface area (Å²) in [5.74, 6) is -0.0220. The van der Waals surface area contributed by atoms with Crippen molar-refractivity contribution in [3.05, 3.63) is 40.7 Å². The molecule has 1 fully saturated rings. The zero-order chi connectivity index (χ0) is 17.1. The van der Waals surface area contributed by atoms with Crippen molar-refractivity contribution in [3.63, 3.8) is 0 Å². The zero-order valence-corrected chi connectivity index (χ0v) is 15.8. The second-order valence-corrected chi connectivity index (χ2v) is 6.99. The van der Waals surface area contributed by atoms with Crippen LogP contribution < -0.4 is 10.6 Å². The third-order valence-corrected chi connectivity index (χ3v) is 5.35. The van der Waals surface area contributed by atoms with Crippen molar-refractivity contribution < 1.29 is 14.0 Å². The molecule has 0 aliphatic carbocycles. The number of halogens is 1. The van der Waals surface area contributed by atoms with E-state index in [1.807, 2.05) is 24.9 Å². The molecule has 1 atom stereocenters.